The van der Waals surface area contributed by atoms with Crippen LogP contribution < -0.4 is 5.32 Å². The van der Waals surface area contributed by atoms with Crippen LogP contribution >= 0.6 is 11.6 Å². The fraction of sp³-hybridized carbons (Fsp3) is 0.500. The van der Waals surface area contributed by atoms with Gasteiger partial charge in [-0.2, -0.15) is 13.2 Å². The Morgan fingerprint density at radius 1 is 1.38 bits per heavy atom. The minimum Gasteiger partial charge on any atom is -0.481 e. The average Bonchev–Trinajstić information content (AvgIpc) is 3.24. The van der Waals surface area contributed by atoms with E-state index in [0.717, 1.165) is 18.2 Å². The summed E-state index contributed by atoms with van der Waals surface area (Å²) in [7, 11) is 0. The van der Waals surface area contributed by atoms with Crippen LogP contribution in [0.2, 0.25) is 5.02 Å². The standard InChI is InChI=1S/C16H17ClF3NO3/c1-9(6-13(22)23)8-21-14(24)15(4-5-15)11-7-10(16(18,19)20)2-3-12(11)17/h2-3,7,9H,4-6,8H2,1H3,(H,21,24)(H,22,23). The number of carboxylic acid groups (broad SMARTS) is 1. The van der Waals surface area contributed by atoms with Gasteiger partial charge >= 0.3 is 12.1 Å². The number of benzene rings is 1. The molecule has 0 spiro atoms. The molecular weight excluding hydrogens is 347 g/mol. The van der Waals surface area contributed by atoms with Gasteiger partial charge in [0, 0.05) is 18.0 Å². The predicted molar refractivity (Wildman–Crippen MR) is 81.8 cm³/mol. The maximum absolute atomic E-state index is 12.9. The fourth-order valence-corrected chi connectivity index (χ4v) is 2.92. The number of alkyl halides is 3. The molecule has 1 aromatic rings. The molecule has 0 bridgehead atoms. The summed E-state index contributed by atoms with van der Waals surface area (Å²) in [5, 5.41) is 11.5. The lowest BCUT2D eigenvalue weighted by Crippen LogP contribution is -2.37. The third-order valence-electron chi connectivity index (χ3n) is 4.13. The van der Waals surface area contributed by atoms with Crippen LogP contribution in [0, 0.1) is 5.92 Å². The van der Waals surface area contributed by atoms with Crippen molar-refractivity contribution in [3.8, 4) is 0 Å². The van der Waals surface area contributed by atoms with Crippen molar-refractivity contribution in [1.29, 1.82) is 0 Å². The minimum atomic E-state index is -4.51. The highest BCUT2D eigenvalue weighted by Crippen LogP contribution is 2.51. The molecule has 1 fully saturated rings. The predicted octanol–water partition coefficient (Wildman–Crippen LogP) is 3.62. The molecule has 1 aliphatic carbocycles. The Labute approximate surface area is 142 Å². The number of nitrogens with one attached hydrogen (secondary N) is 1. The van der Waals surface area contributed by atoms with Crippen LogP contribution in [0.3, 0.4) is 0 Å². The molecule has 8 heteroatoms. The Morgan fingerprint density at radius 3 is 2.50 bits per heavy atom. The van der Waals surface area contributed by atoms with Crippen molar-refractivity contribution in [2.75, 3.05) is 6.54 Å². The van der Waals surface area contributed by atoms with E-state index in [4.69, 9.17) is 16.7 Å². The molecule has 132 valence electrons. The zero-order chi connectivity index (χ0) is 18.1. The van der Waals surface area contributed by atoms with Crippen molar-refractivity contribution in [2.45, 2.75) is 37.8 Å². The van der Waals surface area contributed by atoms with Gasteiger partial charge in [-0.25, -0.2) is 0 Å². The van der Waals surface area contributed by atoms with Gasteiger partial charge in [0.1, 0.15) is 0 Å². The third kappa shape index (κ3) is 4.01. The van der Waals surface area contributed by atoms with Crippen molar-refractivity contribution >= 4 is 23.5 Å². The number of hydrogen-bond acceptors (Lipinski definition) is 2. The molecule has 0 saturated heterocycles. The monoisotopic (exact) mass is 363 g/mol. The summed E-state index contributed by atoms with van der Waals surface area (Å²) in [6, 6.07) is 2.96. The molecule has 1 saturated carbocycles. The van der Waals surface area contributed by atoms with E-state index >= 15 is 0 Å². The van der Waals surface area contributed by atoms with Gasteiger partial charge < -0.3 is 10.4 Å². The smallest absolute Gasteiger partial charge is 0.416 e. The number of carboxylic acids is 1. The number of amides is 1. The lowest BCUT2D eigenvalue weighted by molar-refractivity contribution is -0.138. The number of aliphatic carboxylic acids is 1. The van der Waals surface area contributed by atoms with Crippen LogP contribution in [-0.4, -0.2) is 23.5 Å². The van der Waals surface area contributed by atoms with Crippen molar-refractivity contribution in [3.05, 3.63) is 34.3 Å². The summed E-state index contributed by atoms with van der Waals surface area (Å²) in [6.07, 6.45) is -3.79. The summed E-state index contributed by atoms with van der Waals surface area (Å²) < 4.78 is 38.7. The molecule has 0 heterocycles. The zero-order valence-electron chi connectivity index (χ0n) is 12.9. The average molecular weight is 364 g/mol. The third-order valence-corrected chi connectivity index (χ3v) is 4.46. The molecule has 1 amide bonds. The number of hydrogen-bond donors (Lipinski definition) is 2. The van der Waals surface area contributed by atoms with E-state index < -0.39 is 29.0 Å². The highest BCUT2D eigenvalue weighted by molar-refractivity contribution is 6.32. The van der Waals surface area contributed by atoms with E-state index in [1.807, 2.05) is 0 Å². The van der Waals surface area contributed by atoms with E-state index in [-0.39, 0.29) is 29.5 Å². The van der Waals surface area contributed by atoms with Crippen molar-refractivity contribution in [1.82, 2.24) is 5.32 Å². The Balaban J connectivity index is 2.16. The second kappa shape index (κ2) is 6.63. The highest BCUT2D eigenvalue weighted by atomic mass is 35.5. The van der Waals surface area contributed by atoms with E-state index in [0.29, 0.717) is 12.8 Å². The first-order valence-corrected chi connectivity index (χ1v) is 7.81. The molecule has 0 radical (unpaired) electrons. The first-order valence-electron chi connectivity index (χ1n) is 7.43. The molecule has 0 aromatic heterocycles. The van der Waals surface area contributed by atoms with E-state index in [2.05, 4.69) is 5.32 Å². The van der Waals surface area contributed by atoms with Gasteiger partial charge in [-0.15, -0.1) is 0 Å². The molecule has 1 aromatic carbocycles. The van der Waals surface area contributed by atoms with Gasteiger partial charge in [-0.1, -0.05) is 18.5 Å². The molecule has 1 aliphatic rings. The van der Waals surface area contributed by atoms with Crippen LogP contribution in [0.4, 0.5) is 13.2 Å². The van der Waals surface area contributed by atoms with Crippen LogP contribution in [0.1, 0.15) is 37.3 Å². The maximum atomic E-state index is 12.9. The Kier molecular flexibility index (Phi) is 5.13. The lowest BCUT2D eigenvalue weighted by Gasteiger charge is -2.20. The van der Waals surface area contributed by atoms with Gasteiger partial charge in [0.2, 0.25) is 5.91 Å². The normalized spacial score (nSPS) is 17.2. The Hall–Kier alpha value is -1.76. The largest absolute Gasteiger partial charge is 0.481 e. The SMILES string of the molecule is CC(CNC(=O)C1(c2cc(C(F)(F)F)ccc2Cl)CC1)CC(=O)O. The molecule has 24 heavy (non-hydrogen) atoms. The first-order chi connectivity index (χ1) is 11.1. The molecule has 2 N–H and O–H groups in total. The summed E-state index contributed by atoms with van der Waals surface area (Å²) in [5.74, 6) is -1.67. The van der Waals surface area contributed by atoms with Crippen LogP contribution in [0.5, 0.6) is 0 Å². The number of carbonyl (C=O) groups excluding carboxylic acids is 1. The van der Waals surface area contributed by atoms with Gasteiger partial charge in [-0.05, 0) is 42.5 Å². The van der Waals surface area contributed by atoms with Gasteiger partial charge in [-0.3, -0.25) is 9.59 Å². The highest BCUT2D eigenvalue weighted by Gasteiger charge is 2.52. The molecular formula is C16H17ClF3NO3. The van der Waals surface area contributed by atoms with Crippen molar-refractivity contribution in [2.24, 2.45) is 5.92 Å². The summed E-state index contributed by atoms with van der Waals surface area (Å²) >= 11 is 6.02. The molecule has 2 rings (SSSR count). The second-order valence-electron chi connectivity index (χ2n) is 6.19. The number of carbonyl (C=O) groups is 2. The topological polar surface area (TPSA) is 66.4 Å². The second-order valence-corrected chi connectivity index (χ2v) is 6.59. The summed E-state index contributed by atoms with van der Waals surface area (Å²) in [4.78, 5) is 23.1. The van der Waals surface area contributed by atoms with Gasteiger partial charge in [0.05, 0.1) is 11.0 Å². The zero-order valence-corrected chi connectivity index (χ0v) is 13.7. The quantitative estimate of drug-likeness (QED) is 0.811. The fourth-order valence-electron chi connectivity index (χ4n) is 2.62. The maximum Gasteiger partial charge on any atom is 0.416 e. The van der Waals surface area contributed by atoms with Crippen molar-refractivity contribution < 1.29 is 27.9 Å². The van der Waals surface area contributed by atoms with Crippen LogP contribution in [0.25, 0.3) is 0 Å². The Bertz CT molecular complexity index is 656. The van der Waals surface area contributed by atoms with Crippen LogP contribution in [0.15, 0.2) is 18.2 Å². The van der Waals surface area contributed by atoms with E-state index in [1.165, 1.54) is 0 Å². The number of halogens is 4. The summed E-state index contributed by atoms with van der Waals surface area (Å²) in [5.41, 5.74) is -1.73. The van der Waals surface area contributed by atoms with Crippen molar-refractivity contribution in [3.63, 3.8) is 0 Å². The molecule has 1 atom stereocenters. The molecule has 1 unspecified atom stereocenters. The first kappa shape index (κ1) is 18.6. The summed E-state index contributed by atoms with van der Waals surface area (Å²) in [6.45, 7) is 1.81. The minimum absolute atomic E-state index is 0.0996. The van der Waals surface area contributed by atoms with Crippen LogP contribution in [-0.2, 0) is 21.2 Å². The van der Waals surface area contributed by atoms with Gasteiger partial charge in [0.25, 0.3) is 0 Å². The number of rotatable bonds is 6. The van der Waals surface area contributed by atoms with E-state index in [9.17, 15) is 22.8 Å². The lowest BCUT2D eigenvalue weighted by atomic mass is 9.92. The molecule has 4 nitrogen and oxygen atoms in total. The molecule has 0 aliphatic heterocycles. The van der Waals surface area contributed by atoms with Gasteiger partial charge in [0.15, 0.2) is 0 Å². The van der Waals surface area contributed by atoms with E-state index in [1.54, 1.807) is 6.92 Å². The Morgan fingerprint density at radius 2 is 2.00 bits per heavy atom.